The standard InChI is InChI=1S/C15H14Cl2N2/c16-8-4-10-11(5-9(8)17)19-15(18-10)14-12-6-1-2-7(3-6)13(12)14/h4-7,12-14H,1-3H2,(H,18,19). The molecule has 1 N–H and O–H groups in total. The maximum Gasteiger partial charge on any atom is 0.110 e. The summed E-state index contributed by atoms with van der Waals surface area (Å²) in [6, 6.07) is 3.76. The third-order valence-electron chi connectivity index (χ3n) is 5.59. The quantitative estimate of drug-likeness (QED) is 0.816. The van der Waals surface area contributed by atoms with Crippen molar-refractivity contribution < 1.29 is 0 Å². The van der Waals surface area contributed by atoms with E-state index in [0.29, 0.717) is 16.0 Å². The van der Waals surface area contributed by atoms with Crippen molar-refractivity contribution >= 4 is 34.2 Å². The summed E-state index contributed by atoms with van der Waals surface area (Å²) in [7, 11) is 0. The molecule has 3 aliphatic rings. The Morgan fingerprint density at radius 1 is 1.05 bits per heavy atom. The Morgan fingerprint density at radius 3 is 2.47 bits per heavy atom. The molecule has 0 saturated heterocycles. The maximum absolute atomic E-state index is 6.06. The predicted octanol–water partition coefficient (Wildman–Crippen LogP) is 4.63. The van der Waals surface area contributed by atoms with Crippen molar-refractivity contribution in [3.63, 3.8) is 0 Å². The van der Waals surface area contributed by atoms with E-state index in [1.54, 1.807) is 0 Å². The lowest BCUT2D eigenvalue weighted by atomic mass is 10.0. The Hall–Kier alpha value is -0.730. The lowest BCUT2D eigenvalue weighted by Gasteiger charge is -2.05. The summed E-state index contributed by atoms with van der Waals surface area (Å²) < 4.78 is 0. The highest BCUT2D eigenvalue weighted by Gasteiger charge is 2.66. The lowest BCUT2D eigenvalue weighted by molar-refractivity contribution is 0.456. The maximum atomic E-state index is 6.06. The fourth-order valence-corrected chi connectivity index (χ4v) is 5.19. The van der Waals surface area contributed by atoms with Gasteiger partial charge in [0.15, 0.2) is 0 Å². The summed E-state index contributed by atoms with van der Waals surface area (Å²) >= 11 is 12.1. The number of fused-ring (bicyclic) bond motifs is 6. The number of aromatic nitrogens is 2. The van der Waals surface area contributed by atoms with Gasteiger partial charge in [-0.3, -0.25) is 0 Å². The smallest absolute Gasteiger partial charge is 0.110 e. The molecule has 4 atom stereocenters. The average Bonchev–Trinajstić information content (AvgIpc) is 2.75. The molecule has 1 aromatic heterocycles. The van der Waals surface area contributed by atoms with Crippen LogP contribution in [-0.2, 0) is 0 Å². The first kappa shape index (κ1) is 11.0. The van der Waals surface area contributed by atoms with E-state index < -0.39 is 0 Å². The van der Waals surface area contributed by atoms with Crippen molar-refractivity contribution in [2.75, 3.05) is 0 Å². The number of nitrogens with zero attached hydrogens (tertiary/aromatic N) is 1. The van der Waals surface area contributed by atoms with Crippen molar-refractivity contribution in [2.45, 2.75) is 25.2 Å². The second-order valence-corrected chi connectivity index (χ2v) is 7.23. The number of halogens is 2. The number of rotatable bonds is 1. The summed E-state index contributed by atoms with van der Waals surface area (Å²) in [5.41, 5.74) is 1.96. The van der Waals surface area contributed by atoms with Gasteiger partial charge in [0.05, 0.1) is 21.1 Å². The molecular formula is C15H14Cl2N2. The van der Waals surface area contributed by atoms with Gasteiger partial charge in [-0.2, -0.15) is 0 Å². The first-order valence-corrected chi connectivity index (χ1v) is 7.82. The number of aromatic amines is 1. The van der Waals surface area contributed by atoms with E-state index in [2.05, 4.69) is 4.98 Å². The van der Waals surface area contributed by atoms with Crippen LogP contribution in [0.15, 0.2) is 12.1 Å². The van der Waals surface area contributed by atoms with Gasteiger partial charge in [0.1, 0.15) is 5.82 Å². The number of benzene rings is 1. The van der Waals surface area contributed by atoms with Gasteiger partial charge < -0.3 is 4.98 Å². The van der Waals surface area contributed by atoms with E-state index in [9.17, 15) is 0 Å². The minimum absolute atomic E-state index is 0.586. The number of imidazole rings is 1. The zero-order valence-electron chi connectivity index (χ0n) is 10.4. The van der Waals surface area contributed by atoms with Gasteiger partial charge in [0.25, 0.3) is 0 Å². The van der Waals surface area contributed by atoms with Crippen molar-refractivity contribution in [1.29, 1.82) is 0 Å². The van der Waals surface area contributed by atoms with Crippen LogP contribution in [0.3, 0.4) is 0 Å². The van der Waals surface area contributed by atoms with Crippen molar-refractivity contribution in [3.8, 4) is 0 Å². The molecule has 4 unspecified atom stereocenters. The SMILES string of the molecule is Clc1cc2nc(C3C4C5CCC(C5)C34)[nH]c2cc1Cl. The molecule has 3 aliphatic carbocycles. The molecule has 0 amide bonds. The van der Waals surface area contributed by atoms with Gasteiger partial charge in [-0.1, -0.05) is 23.2 Å². The zero-order chi connectivity index (χ0) is 12.7. The predicted molar refractivity (Wildman–Crippen MR) is 76.7 cm³/mol. The van der Waals surface area contributed by atoms with Crippen molar-refractivity contribution in [1.82, 2.24) is 9.97 Å². The molecule has 0 radical (unpaired) electrons. The molecular weight excluding hydrogens is 279 g/mol. The van der Waals surface area contributed by atoms with E-state index in [1.165, 1.54) is 25.1 Å². The van der Waals surface area contributed by atoms with Gasteiger partial charge in [-0.15, -0.1) is 0 Å². The van der Waals surface area contributed by atoms with E-state index >= 15 is 0 Å². The first-order valence-electron chi connectivity index (χ1n) is 7.07. The summed E-state index contributed by atoms with van der Waals surface area (Å²) in [6.07, 6.45) is 4.37. The summed E-state index contributed by atoms with van der Waals surface area (Å²) in [6.45, 7) is 0. The number of hydrogen-bond acceptors (Lipinski definition) is 1. The molecule has 4 heteroatoms. The third-order valence-corrected chi connectivity index (χ3v) is 6.32. The fourth-order valence-electron chi connectivity index (χ4n) is 4.87. The van der Waals surface area contributed by atoms with Crippen LogP contribution in [0.1, 0.15) is 31.0 Å². The van der Waals surface area contributed by atoms with Gasteiger partial charge in [-0.25, -0.2) is 4.98 Å². The lowest BCUT2D eigenvalue weighted by Crippen LogP contribution is -1.98. The Bertz CT molecular complexity index is 638. The van der Waals surface area contributed by atoms with E-state index in [4.69, 9.17) is 28.2 Å². The molecule has 1 heterocycles. The second-order valence-electron chi connectivity index (χ2n) is 6.42. The minimum atomic E-state index is 0.586. The largest absolute Gasteiger partial charge is 0.342 e. The monoisotopic (exact) mass is 292 g/mol. The Kier molecular flexibility index (Phi) is 2.01. The van der Waals surface area contributed by atoms with E-state index in [-0.39, 0.29) is 0 Å². The van der Waals surface area contributed by atoms with Gasteiger partial charge >= 0.3 is 0 Å². The Morgan fingerprint density at radius 2 is 1.74 bits per heavy atom. The van der Waals surface area contributed by atoms with Crippen LogP contribution in [0.2, 0.25) is 10.0 Å². The van der Waals surface area contributed by atoms with Gasteiger partial charge in [0.2, 0.25) is 0 Å². The van der Waals surface area contributed by atoms with Crippen LogP contribution < -0.4 is 0 Å². The highest BCUT2D eigenvalue weighted by atomic mass is 35.5. The molecule has 2 aromatic rings. The van der Waals surface area contributed by atoms with Crippen LogP contribution in [0.5, 0.6) is 0 Å². The van der Waals surface area contributed by atoms with Crippen molar-refractivity contribution in [2.24, 2.45) is 23.7 Å². The van der Waals surface area contributed by atoms with Gasteiger partial charge in [-0.05, 0) is 55.1 Å². The number of hydrogen-bond donors (Lipinski definition) is 1. The molecule has 19 heavy (non-hydrogen) atoms. The number of nitrogens with one attached hydrogen (secondary N) is 1. The molecule has 2 bridgehead atoms. The molecule has 2 nitrogen and oxygen atoms in total. The highest BCUT2D eigenvalue weighted by molar-refractivity contribution is 6.42. The Balaban J connectivity index is 1.57. The molecule has 0 spiro atoms. The zero-order valence-corrected chi connectivity index (χ0v) is 11.9. The molecule has 3 saturated carbocycles. The Labute approximate surface area is 121 Å². The molecule has 1 aromatic carbocycles. The van der Waals surface area contributed by atoms with Crippen LogP contribution in [0.4, 0.5) is 0 Å². The third kappa shape index (κ3) is 1.37. The summed E-state index contributed by atoms with van der Waals surface area (Å²) in [4.78, 5) is 8.23. The van der Waals surface area contributed by atoms with Crippen LogP contribution in [-0.4, -0.2) is 9.97 Å². The van der Waals surface area contributed by atoms with Gasteiger partial charge in [0, 0.05) is 5.92 Å². The molecule has 5 rings (SSSR count). The second kappa shape index (κ2) is 3.48. The van der Waals surface area contributed by atoms with Crippen LogP contribution in [0, 0.1) is 23.7 Å². The molecule has 3 fully saturated rings. The van der Waals surface area contributed by atoms with Crippen molar-refractivity contribution in [3.05, 3.63) is 28.0 Å². The molecule has 98 valence electrons. The topological polar surface area (TPSA) is 28.7 Å². The normalized spacial score (nSPS) is 38.9. The van der Waals surface area contributed by atoms with E-state index in [1.807, 2.05) is 12.1 Å². The first-order chi connectivity index (χ1) is 9.22. The minimum Gasteiger partial charge on any atom is -0.342 e. The fraction of sp³-hybridized carbons (Fsp3) is 0.533. The highest BCUT2D eigenvalue weighted by Crippen LogP contribution is 2.72. The van der Waals surface area contributed by atoms with E-state index in [0.717, 1.165) is 34.7 Å². The molecule has 0 aliphatic heterocycles. The summed E-state index contributed by atoms with van der Waals surface area (Å²) in [5.74, 6) is 5.60. The number of H-pyrrole nitrogens is 1. The average molecular weight is 293 g/mol. The van der Waals surface area contributed by atoms with Crippen LogP contribution >= 0.6 is 23.2 Å². The summed E-state index contributed by atoms with van der Waals surface area (Å²) in [5, 5.41) is 1.18. The van der Waals surface area contributed by atoms with Crippen LogP contribution in [0.25, 0.3) is 11.0 Å².